The van der Waals surface area contributed by atoms with Gasteiger partial charge in [0.05, 0.1) is 0 Å². The van der Waals surface area contributed by atoms with Gasteiger partial charge in [-0.15, -0.1) is 0 Å². The minimum atomic E-state index is 0. The van der Waals surface area contributed by atoms with Gasteiger partial charge in [-0.3, -0.25) is 0 Å². The van der Waals surface area contributed by atoms with E-state index in [2.05, 4.69) is 23.7 Å². The van der Waals surface area contributed by atoms with Crippen molar-refractivity contribution in [2.45, 2.75) is 0 Å². The van der Waals surface area contributed by atoms with E-state index < -0.39 is 0 Å². The summed E-state index contributed by atoms with van der Waals surface area (Å²) in [6.45, 7) is 0. The Morgan fingerprint density at radius 3 is 1.25 bits per heavy atom. The summed E-state index contributed by atoms with van der Waals surface area (Å²) in [5.41, 5.74) is 0. The Morgan fingerprint density at radius 1 is 1.25 bits per heavy atom. The maximum absolute atomic E-state index is 2.54. The molecule has 0 aromatic rings. The van der Waals surface area contributed by atoms with Crippen LogP contribution in [0.2, 0.25) is 0 Å². The zero-order valence-corrected chi connectivity index (χ0v) is 6.78. The van der Waals surface area contributed by atoms with E-state index in [0.717, 1.165) is 0 Å². The molecule has 1 unspecified atom stereocenters. The number of hydrogen-bond acceptors (Lipinski definition) is 0. The molecule has 0 aliphatic heterocycles. The van der Waals surface area contributed by atoms with Crippen molar-refractivity contribution in [1.82, 2.24) is 0 Å². The summed E-state index contributed by atoms with van der Waals surface area (Å²) in [6.07, 6.45) is 0. The fourth-order valence-electron chi connectivity index (χ4n) is 0. The summed E-state index contributed by atoms with van der Waals surface area (Å²) in [7, 11) is 2.29. The monoisotopic (exact) mass is 191 g/mol. The van der Waals surface area contributed by atoms with Crippen LogP contribution in [0.5, 0.6) is 0 Å². The van der Waals surface area contributed by atoms with Crippen molar-refractivity contribution in [2.75, 3.05) is 0 Å². The molecular weight excluding hydrogens is 190 g/mol. The van der Waals surface area contributed by atoms with Crippen molar-refractivity contribution in [3.05, 3.63) is 0 Å². The molecular formula is H2CrNiPTi. The molecule has 0 aromatic carbocycles. The smallest absolute Gasteiger partial charge is 0 e. The molecule has 0 amide bonds. The predicted octanol–water partition coefficient (Wildman–Crippen LogP) is 0.318. The van der Waals surface area contributed by atoms with Crippen molar-refractivity contribution in [3.63, 3.8) is 0 Å². The van der Waals surface area contributed by atoms with E-state index in [0.29, 0.717) is 0 Å². The van der Waals surface area contributed by atoms with Gasteiger partial charge in [0.2, 0.25) is 0 Å². The van der Waals surface area contributed by atoms with Gasteiger partial charge in [-0.25, -0.2) is 0 Å². The molecule has 4 heavy (non-hydrogen) atoms. The van der Waals surface area contributed by atoms with Gasteiger partial charge in [0.25, 0.3) is 0 Å². The Labute approximate surface area is 61.5 Å². The SMILES string of the molecule is [Ni].[PH2][Cr].[Ti]. The molecule has 0 rings (SSSR count). The van der Waals surface area contributed by atoms with Crippen LogP contribution in [0.15, 0.2) is 0 Å². The van der Waals surface area contributed by atoms with Crippen molar-refractivity contribution >= 4 is 7.89 Å². The quantitative estimate of drug-likeness (QED) is 0.382. The van der Waals surface area contributed by atoms with Crippen LogP contribution in [0.25, 0.3) is 0 Å². The fourth-order valence-corrected chi connectivity index (χ4v) is 0. The molecule has 27 valence electrons. The summed E-state index contributed by atoms with van der Waals surface area (Å²) < 4.78 is 0. The van der Waals surface area contributed by atoms with Crippen LogP contribution in [0, 0.1) is 0 Å². The van der Waals surface area contributed by atoms with Crippen LogP contribution < -0.4 is 0 Å². The topological polar surface area (TPSA) is 0 Å². The average Bonchev–Trinajstić information content (AvgIpc) is 1.00. The van der Waals surface area contributed by atoms with Crippen LogP contribution >= 0.6 is 7.89 Å². The van der Waals surface area contributed by atoms with Crippen molar-refractivity contribution in [1.29, 1.82) is 0 Å². The summed E-state index contributed by atoms with van der Waals surface area (Å²) in [6, 6.07) is 0. The van der Waals surface area contributed by atoms with Crippen LogP contribution in [0.3, 0.4) is 0 Å². The molecule has 0 fully saturated rings. The number of rotatable bonds is 0. The second-order valence-electron chi connectivity index (χ2n) is 0. The Bertz CT molecular complexity index is 8.00. The number of hydrogen-bond donors (Lipinski definition) is 0. The van der Waals surface area contributed by atoms with E-state index in [-0.39, 0.29) is 38.2 Å². The van der Waals surface area contributed by atoms with Gasteiger partial charge < -0.3 is 0 Å². The predicted molar refractivity (Wildman–Crippen MR) is 9.71 cm³/mol. The third kappa shape index (κ3) is 8.90. The first kappa shape index (κ1) is 16.4. The third-order valence-corrected chi connectivity index (χ3v) is 0. The van der Waals surface area contributed by atoms with Gasteiger partial charge in [-0.2, -0.15) is 0 Å². The fraction of sp³-hybridized carbons (Fsp3) is 0. The summed E-state index contributed by atoms with van der Waals surface area (Å²) in [5.74, 6) is 0. The van der Waals surface area contributed by atoms with Gasteiger partial charge in [0, 0.05) is 38.2 Å². The van der Waals surface area contributed by atoms with E-state index in [1.807, 2.05) is 0 Å². The van der Waals surface area contributed by atoms with Gasteiger partial charge in [0.1, 0.15) is 0 Å². The molecule has 0 nitrogen and oxygen atoms in total. The first-order valence-electron chi connectivity index (χ1n) is 0.236. The van der Waals surface area contributed by atoms with Gasteiger partial charge in [-0.05, 0) is 0 Å². The summed E-state index contributed by atoms with van der Waals surface area (Å²) >= 11 is 2.54. The largest absolute Gasteiger partial charge is 0 e. The zero-order chi connectivity index (χ0) is 2.00. The molecule has 0 N–H and O–H groups in total. The molecule has 0 spiro atoms. The molecule has 0 aliphatic rings. The van der Waals surface area contributed by atoms with E-state index >= 15 is 0 Å². The molecule has 0 saturated heterocycles. The maximum Gasteiger partial charge on any atom is 0 e. The van der Waals surface area contributed by atoms with E-state index in [9.17, 15) is 0 Å². The maximum atomic E-state index is 2.54. The van der Waals surface area contributed by atoms with Gasteiger partial charge in [-0.1, -0.05) is 0 Å². The molecule has 4 heteroatoms. The van der Waals surface area contributed by atoms with Crippen LogP contribution in [0.1, 0.15) is 0 Å². The Morgan fingerprint density at radius 2 is 1.25 bits per heavy atom. The average molecular weight is 192 g/mol. The first-order chi connectivity index (χ1) is 1.00. The summed E-state index contributed by atoms with van der Waals surface area (Å²) in [4.78, 5) is 0. The van der Waals surface area contributed by atoms with Gasteiger partial charge in [0.15, 0.2) is 0 Å². The third-order valence-electron chi connectivity index (χ3n) is 0. The van der Waals surface area contributed by atoms with Crippen LogP contribution in [0.4, 0.5) is 0 Å². The Kier molecular flexibility index (Phi) is 78.3. The Balaban J connectivity index is -0.00000000500. The Hall–Kier alpha value is 2.17. The standard InChI is InChI=1S/Cr.Ni.H2P.Ti/h;;1H2;/q+1;;-1;. The molecule has 0 heterocycles. The molecule has 1 atom stereocenters. The minimum Gasteiger partial charge on any atom is 0 e. The molecule has 0 aliphatic carbocycles. The van der Waals surface area contributed by atoms with Crippen LogP contribution in [-0.2, 0) is 54.1 Å². The van der Waals surface area contributed by atoms with Gasteiger partial charge >= 0.3 is 23.7 Å². The van der Waals surface area contributed by atoms with E-state index in [1.165, 1.54) is 0 Å². The molecule has 0 aromatic heterocycles. The summed E-state index contributed by atoms with van der Waals surface area (Å²) in [5, 5.41) is 0. The first-order valence-corrected chi connectivity index (χ1v) is 2.92. The van der Waals surface area contributed by atoms with Crippen molar-refractivity contribution in [2.24, 2.45) is 0 Å². The normalized spacial score (nSPS) is 1.25. The molecule has 0 saturated carbocycles. The van der Waals surface area contributed by atoms with E-state index in [1.54, 1.807) is 0 Å². The van der Waals surface area contributed by atoms with Crippen molar-refractivity contribution in [3.8, 4) is 0 Å². The minimum absolute atomic E-state index is 0. The van der Waals surface area contributed by atoms with Crippen molar-refractivity contribution < 1.29 is 54.1 Å². The van der Waals surface area contributed by atoms with Crippen LogP contribution in [-0.4, -0.2) is 0 Å². The molecule has 0 bridgehead atoms. The molecule has 0 radical (unpaired) electrons. The van der Waals surface area contributed by atoms with E-state index in [4.69, 9.17) is 0 Å². The second-order valence-corrected chi connectivity index (χ2v) is 0. The second kappa shape index (κ2) is 19.1. The zero-order valence-electron chi connectivity index (χ0n) is 1.80.